The molecule has 0 bridgehead atoms. The first-order valence-electron chi connectivity index (χ1n) is 12.9. The number of ether oxygens (including phenoxy) is 1. The maximum Gasteiger partial charge on any atom is 0.406 e. The van der Waals surface area contributed by atoms with Crippen LogP contribution in [0.5, 0.6) is 5.75 Å². The summed E-state index contributed by atoms with van der Waals surface area (Å²) in [5, 5.41) is 10.1. The van der Waals surface area contributed by atoms with Crippen molar-refractivity contribution in [3.05, 3.63) is 48.2 Å². The van der Waals surface area contributed by atoms with Gasteiger partial charge in [-0.15, -0.1) is 11.8 Å². The van der Waals surface area contributed by atoms with Gasteiger partial charge in [-0.05, 0) is 75.5 Å². The molecule has 1 aliphatic rings. The molecular formula is C29H36F4N4OS. The maximum atomic E-state index is 13.4. The molecule has 1 saturated carbocycles. The molecule has 0 aliphatic heterocycles. The predicted molar refractivity (Wildman–Crippen MR) is 154 cm³/mol. The van der Waals surface area contributed by atoms with Crippen LogP contribution < -0.4 is 20.7 Å². The van der Waals surface area contributed by atoms with E-state index in [0.717, 1.165) is 41.7 Å². The summed E-state index contributed by atoms with van der Waals surface area (Å²) in [4.78, 5) is 0.921. The number of halogens is 4. The Morgan fingerprint density at radius 1 is 1.05 bits per heavy atom. The molecule has 0 radical (unpaired) electrons. The summed E-state index contributed by atoms with van der Waals surface area (Å²) in [5.41, 5.74) is 2.19. The van der Waals surface area contributed by atoms with Crippen LogP contribution in [0.1, 0.15) is 37.8 Å². The largest absolute Gasteiger partial charge is 0.461 e. The summed E-state index contributed by atoms with van der Waals surface area (Å²) in [6.45, 7) is -1.93. The van der Waals surface area contributed by atoms with E-state index in [9.17, 15) is 17.6 Å². The summed E-state index contributed by atoms with van der Waals surface area (Å²) >= 11 is 1.51. The second kappa shape index (κ2) is 14.9. The van der Waals surface area contributed by atoms with E-state index in [2.05, 4.69) is 27.8 Å². The zero-order valence-corrected chi connectivity index (χ0v) is 23.4. The van der Waals surface area contributed by atoms with Crippen LogP contribution in [0.25, 0.3) is 10.9 Å². The van der Waals surface area contributed by atoms with Gasteiger partial charge in [-0.2, -0.15) is 13.2 Å². The lowest BCUT2D eigenvalue weighted by Crippen LogP contribution is -2.22. The second-order valence-corrected chi connectivity index (χ2v) is 10.1. The number of anilines is 2. The molecule has 0 spiro atoms. The van der Waals surface area contributed by atoms with E-state index in [0.29, 0.717) is 28.7 Å². The molecule has 3 N–H and O–H groups in total. The van der Waals surface area contributed by atoms with Crippen molar-refractivity contribution in [2.45, 2.75) is 55.8 Å². The molecule has 0 amide bonds. The Bertz CT molecular complexity index is 1260. The Kier molecular flexibility index (Phi) is 11.7. The third-order valence-electron chi connectivity index (χ3n) is 6.23. The molecule has 10 heteroatoms. The Hall–Kier alpha value is -3.03. The van der Waals surface area contributed by atoms with Crippen molar-refractivity contribution in [2.75, 3.05) is 44.4 Å². The predicted octanol–water partition coefficient (Wildman–Crippen LogP) is 7.28. The number of rotatable bonds is 8. The van der Waals surface area contributed by atoms with Gasteiger partial charge in [0, 0.05) is 22.0 Å². The molecule has 3 aromatic rings. The zero-order chi connectivity index (χ0) is 28.3. The van der Waals surface area contributed by atoms with E-state index < -0.39 is 19.6 Å². The first-order chi connectivity index (χ1) is 18.8. The number of thioether (sulfide) groups is 1. The molecule has 4 rings (SSSR count). The molecule has 212 valence electrons. The Labute approximate surface area is 232 Å². The van der Waals surface area contributed by atoms with Gasteiger partial charge < -0.3 is 25.3 Å². The Morgan fingerprint density at radius 2 is 1.79 bits per heavy atom. The first-order valence-corrected chi connectivity index (χ1v) is 14.2. The van der Waals surface area contributed by atoms with Crippen LogP contribution in [0.2, 0.25) is 0 Å². The van der Waals surface area contributed by atoms with Gasteiger partial charge in [0.25, 0.3) is 0 Å². The highest BCUT2D eigenvalue weighted by Crippen LogP contribution is 2.32. The van der Waals surface area contributed by atoms with Gasteiger partial charge in [0.15, 0.2) is 0 Å². The normalized spacial score (nSPS) is 13.7. The molecule has 1 aliphatic carbocycles. The number of hydrogen-bond acceptors (Lipinski definition) is 5. The number of aromatic nitrogens is 1. The van der Waals surface area contributed by atoms with Crippen molar-refractivity contribution < 1.29 is 22.3 Å². The molecular weight excluding hydrogens is 528 g/mol. The van der Waals surface area contributed by atoms with Crippen molar-refractivity contribution in [3.8, 4) is 17.6 Å². The van der Waals surface area contributed by atoms with E-state index in [1.54, 1.807) is 30.3 Å². The Balaban J connectivity index is 0.00000134. The SMILES string of the molecule is CNC.CSc1ccc(NCC#Cc2cc3c(NC4CCCCC4)cccc3n2CC(F)(F)F)c(OCF)c1. The van der Waals surface area contributed by atoms with Crippen LogP contribution in [-0.2, 0) is 6.54 Å². The number of benzene rings is 2. The van der Waals surface area contributed by atoms with Crippen LogP contribution in [0.3, 0.4) is 0 Å². The highest BCUT2D eigenvalue weighted by Gasteiger charge is 2.30. The van der Waals surface area contributed by atoms with Gasteiger partial charge in [-0.1, -0.05) is 31.2 Å². The molecule has 0 atom stereocenters. The van der Waals surface area contributed by atoms with Gasteiger partial charge in [-0.25, -0.2) is 4.39 Å². The minimum absolute atomic E-state index is 0.155. The fourth-order valence-electron chi connectivity index (χ4n) is 4.56. The average molecular weight is 565 g/mol. The second-order valence-electron chi connectivity index (χ2n) is 9.22. The zero-order valence-electron chi connectivity index (χ0n) is 22.6. The number of nitrogens with zero attached hydrogens (tertiary/aromatic N) is 1. The lowest BCUT2D eigenvalue weighted by Gasteiger charge is -2.24. The smallest absolute Gasteiger partial charge is 0.406 e. The third-order valence-corrected chi connectivity index (χ3v) is 6.96. The van der Waals surface area contributed by atoms with E-state index in [1.165, 1.54) is 22.7 Å². The van der Waals surface area contributed by atoms with E-state index in [-0.39, 0.29) is 6.54 Å². The molecule has 1 heterocycles. The van der Waals surface area contributed by atoms with Gasteiger partial charge in [-0.3, -0.25) is 0 Å². The van der Waals surface area contributed by atoms with E-state index in [4.69, 9.17) is 4.74 Å². The molecule has 1 fully saturated rings. The molecule has 0 unspecified atom stereocenters. The lowest BCUT2D eigenvalue weighted by atomic mass is 9.95. The van der Waals surface area contributed by atoms with Crippen molar-refractivity contribution in [3.63, 3.8) is 0 Å². The topological polar surface area (TPSA) is 50.2 Å². The maximum absolute atomic E-state index is 13.4. The summed E-state index contributed by atoms with van der Waals surface area (Å²) in [7, 11) is 3.75. The van der Waals surface area contributed by atoms with E-state index in [1.807, 2.05) is 32.5 Å². The van der Waals surface area contributed by atoms with Crippen molar-refractivity contribution in [2.24, 2.45) is 0 Å². The highest BCUT2D eigenvalue weighted by molar-refractivity contribution is 7.98. The molecule has 5 nitrogen and oxygen atoms in total. The standard InChI is InChI=1S/C27H29F4N3OS.C2H7N/c1-36-21-12-13-24(26(16-21)35-18-28)32-14-6-9-20-15-22-23(33-19-7-3-2-4-8-19)10-5-11-25(22)34(20)17-27(29,30)31;1-3-2/h5,10-13,15-16,19,32-33H,2-4,7-8,14,17-18H2,1H3;3H,1-2H3. The third kappa shape index (κ3) is 9.01. The van der Waals surface area contributed by atoms with Crippen molar-refractivity contribution >= 4 is 34.0 Å². The summed E-state index contributed by atoms with van der Waals surface area (Å²) in [5.74, 6) is 6.17. The van der Waals surface area contributed by atoms with Gasteiger partial charge >= 0.3 is 6.18 Å². The monoisotopic (exact) mass is 564 g/mol. The number of hydrogen-bond donors (Lipinski definition) is 3. The minimum atomic E-state index is -4.38. The molecule has 2 aromatic carbocycles. The van der Waals surface area contributed by atoms with Crippen LogP contribution in [0.4, 0.5) is 28.9 Å². The van der Waals surface area contributed by atoms with Gasteiger partial charge in [0.2, 0.25) is 6.86 Å². The van der Waals surface area contributed by atoms with Crippen molar-refractivity contribution in [1.82, 2.24) is 9.88 Å². The van der Waals surface area contributed by atoms with Gasteiger partial charge in [0.05, 0.1) is 23.4 Å². The summed E-state index contributed by atoms with van der Waals surface area (Å²) in [6, 6.07) is 12.8. The fourth-order valence-corrected chi connectivity index (χ4v) is 4.99. The number of fused-ring (bicyclic) bond motifs is 1. The fraction of sp³-hybridized carbons (Fsp3) is 0.448. The van der Waals surface area contributed by atoms with Crippen LogP contribution in [0, 0.1) is 11.8 Å². The van der Waals surface area contributed by atoms with Crippen LogP contribution in [-0.4, -0.2) is 50.5 Å². The van der Waals surface area contributed by atoms with Gasteiger partial charge in [0.1, 0.15) is 12.3 Å². The molecule has 1 aromatic heterocycles. The van der Waals surface area contributed by atoms with Crippen molar-refractivity contribution in [1.29, 1.82) is 0 Å². The average Bonchev–Trinajstić information content (AvgIpc) is 3.25. The first kappa shape index (κ1) is 30.5. The quantitative estimate of drug-likeness (QED) is 0.153. The molecule has 0 saturated heterocycles. The van der Waals surface area contributed by atoms with Crippen LogP contribution >= 0.6 is 11.8 Å². The summed E-state index contributed by atoms with van der Waals surface area (Å²) in [6.07, 6.45) is 3.18. The van der Waals surface area contributed by atoms with Crippen LogP contribution in [0.15, 0.2) is 47.4 Å². The summed E-state index contributed by atoms with van der Waals surface area (Å²) < 4.78 is 59.4. The number of nitrogens with one attached hydrogen (secondary N) is 3. The minimum Gasteiger partial charge on any atom is -0.461 e. The lowest BCUT2D eigenvalue weighted by molar-refractivity contribution is -0.140. The number of alkyl halides is 4. The highest BCUT2D eigenvalue weighted by atomic mass is 32.2. The Morgan fingerprint density at radius 3 is 2.46 bits per heavy atom. The molecule has 39 heavy (non-hydrogen) atoms. The van der Waals surface area contributed by atoms with E-state index >= 15 is 0 Å².